The fraction of sp³-hybridized carbons (Fsp3) is 0.900. The third kappa shape index (κ3) is 6740. The van der Waals surface area contributed by atoms with E-state index in [0.717, 1.165) is 12.5 Å². The van der Waals surface area contributed by atoms with E-state index in [9.17, 15) is 22.2 Å². The smallest absolute Gasteiger partial charge is 0.144 e. The summed E-state index contributed by atoms with van der Waals surface area (Å²) in [5.74, 6) is 0.421. The van der Waals surface area contributed by atoms with E-state index in [0.29, 0.717) is 6.42 Å². The predicted molar refractivity (Wildman–Crippen MR) is 137 cm³/mol. The van der Waals surface area contributed by atoms with Gasteiger partial charge in [-0.1, -0.05) is 72.8 Å². The highest BCUT2D eigenvalue weighted by atomic mass is 32.2. The SMILES string of the molecule is C.C.C.C.C.C.C.CC.CC(C)=O.CCC(C)=O.CS(C)(=O)=O.CS(C)=O. The zero-order chi connectivity index (χ0) is 17.9. The largest absolute Gasteiger partial charge is 0.300 e. The minimum Gasteiger partial charge on any atom is -0.300 e. The van der Waals surface area contributed by atoms with E-state index < -0.39 is 20.6 Å². The van der Waals surface area contributed by atoms with Crippen molar-refractivity contribution in [1.82, 2.24) is 0 Å². The number of sulfone groups is 1. The van der Waals surface area contributed by atoms with Crippen LogP contribution < -0.4 is 0 Å². The lowest BCUT2D eigenvalue weighted by Crippen LogP contribution is -1.86. The van der Waals surface area contributed by atoms with Gasteiger partial charge in [-0.2, -0.15) is 0 Å². The van der Waals surface area contributed by atoms with E-state index in [2.05, 4.69) is 0 Å². The quantitative estimate of drug-likeness (QED) is 0.448. The zero-order valence-electron chi connectivity index (χ0n) is 14.6. The molecule has 0 aliphatic carbocycles. The van der Waals surface area contributed by atoms with Crippen LogP contribution in [0.4, 0.5) is 0 Å². The molecular weight excluding hydrogens is 384 g/mol. The van der Waals surface area contributed by atoms with Crippen LogP contribution in [0.1, 0.15) is 99.9 Å². The van der Waals surface area contributed by atoms with Gasteiger partial charge in [0.2, 0.25) is 0 Å². The Morgan fingerprint density at radius 1 is 0.741 bits per heavy atom. The third-order valence-corrected chi connectivity index (χ3v) is 0.498. The molecule has 0 aliphatic rings. The molecule has 0 atom stereocenters. The van der Waals surface area contributed by atoms with Crippen LogP contribution in [0.5, 0.6) is 0 Å². The van der Waals surface area contributed by atoms with Crippen molar-refractivity contribution in [3.63, 3.8) is 0 Å². The molecule has 0 unspecified atom stereocenters. The van der Waals surface area contributed by atoms with Crippen LogP contribution in [0, 0.1) is 0 Å². The van der Waals surface area contributed by atoms with Gasteiger partial charge in [0.25, 0.3) is 0 Å². The summed E-state index contributed by atoms with van der Waals surface area (Å²) in [6.07, 6.45) is 6.26. The van der Waals surface area contributed by atoms with Crippen LogP contribution in [0.25, 0.3) is 0 Å². The Bertz CT molecular complexity index is 308. The molecule has 0 bridgehead atoms. The van der Waals surface area contributed by atoms with Crippen molar-refractivity contribution < 1.29 is 22.2 Å². The Morgan fingerprint density at radius 3 is 0.778 bits per heavy atom. The van der Waals surface area contributed by atoms with Crippen molar-refractivity contribution in [1.29, 1.82) is 0 Å². The number of carbonyl (C=O) groups excluding carboxylic acids is 2. The predicted octanol–water partition coefficient (Wildman–Crippen LogP) is 6.72. The first-order valence-electron chi connectivity index (χ1n) is 6.10. The molecule has 0 saturated carbocycles. The van der Waals surface area contributed by atoms with Crippen LogP contribution in [-0.4, -0.2) is 49.2 Å². The Kier molecular flexibility index (Phi) is 194. The van der Waals surface area contributed by atoms with E-state index in [-0.39, 0.29) is 63.6 Å². The standard InChI is InChI=1S/C4H8O.C3H6O.C2H6O2S.C2H6OS.C2H6.7CH4/c1-3-4(2)5;1-3(2)4;1-5(2,3)4;1-4(2)3;1-2;;;;;;;/h3H2,1-2H3;1-2H3;1-2H3;1-2H3;1-2H3;7*1H4. The van der Waals surface area contributed by atoms with Crippen molar-refractivity contribution in [2.45, 2.75) is 99.9 Å². The third-order valence-electron chi connectivity index (χ3n) is 0.498. The van der Waals surface area contributed by atoms with Crippen LogP contribution in [-0.2, 0) is 30.2 Å². The Labute approximate surface area is 179 Å². The molecule has 0 aromatic carbocycles. The maximum absolute atomic E-state index is 9.81. The molecular formula is C20H60O5S2. The second-order valence-electron chi connectivity index (χ2n) is 3.85. The van der Waals surface area contributed by atoms with Crippen molar-refractivity contribution in [3.8, 4) is 0 Å². The first kappa shape index (κ1) is 82.1. The van der Waals surface area contributed by atoms with Gasteiger partial charge in [0, 0.05) is 42.2 Å². The maximum Gasteiger partial charge on any atom is 0.144 e. The summed E-state index contributed by atoms with van der Waals surface area (Å²) in [5.41, 5.74) is 0. The topological polar surface area (TPSA) is 85.3 Å². The molecule has 5 nitrogen and oxygen atoms in total. The molecule has 0 radical (unpaired) electrons. The van der Waals surface area contributed by atoms with Crippen molar-refractivity contribution in [2.75, 3.05) is 25.0 Å². The molecule has 27 heavy (non-hydrogen) atoms. The number of carbonyl (C=O) groups is 2. The van der Waals surface area contributed by atoms with Gasteiger partial charge in [-0.15, -0.1) is 0 Å². The van der Waals surface area contributed by atoms with E-state index in [1.807, 2.05) is 20.8 Å². The van der Waals surface area contributed by atoms with E-state index >= 15 is 0 Å². The first-order valence-corrected chi connectivity index (χ1v) is 10.4. The minimum absolute atomic E-state index is 0. The average molecular weight is 445 g/mol. The van der Waals surface area contributed by atoms with Gasteiger partial charge in [-0.25, -0.2) is 8.42 Å². The monoisotopic (exact) mass is 444 g/mol. The summed E-state index contributed by atoms with van der Waals surface area (Å²) in [4.78, 5) is 19.3. The summed E-state index contributed by atoms with van der Waals surface area (Å²) >= 11 is 0. The van der Waals surface area contributed by atoms with Gasteiger partial charge < -0.3 is 9.59 Å². The Morgan fingerprint density at radius 2 is 0.778 bits per heavy atom. The van der Waals surface area contributed by atoms with Crippen molar-refractivity contribution in [3.05, 3.63) is 0 Å². The van der Waals surface area contributed by atoms with E-state index in [1.165, 1.54) is 13.8 Å². The highest BCUT2D eigenvalue weighted by molar-refractivity contribution is 7.89. The van der Waals surface area contributed by atoms with Crippen LogP contribution in [0.2, 0.25) is 0 Å². The minimum atomic E-state index is -2.67. The summed E-state index contributed by atoms with van der Waals surface area (Å²) < 4.78 is 28.8. The maximum atomic E-state index is 9.81. The van der Waals surface area contributed by atoms with E-state index in [1.54, 1.807) is 19.4 Å². The lowest BCUT2D eigenvalue weighted by atomic mass is 10.4. The molecule has 0 aromatic rings. The number of rotatable bonds is 1. The summed E-state index contributed by atoms with van der Waals surface area (Å²) in [7, 11) is -3.28. The summed E-state index contributed by atoms with van der Waals surface area (Å²) in [6.45, 7) is 10.5. The van der Waals surface area contributed by atoms with Crippen molar-refractivity contribution >= 4 is 32.2 Å². The normalized spacial score (nSPS) is 6.04. The molecule has 0 fully saturated rings. The molecule has 0 amide bonds. The number of hydrogen-bond donors (Lipinski definition) is 0. The zero-order valence-corrected chi connectivity index (χ0v) is 16.2. The van der Waals surface area contributed by atoms with Crippen LogP contribution >= 0.6 is 0 Å². The molecule has 182 valence electrons. The van der Waals surface area contributed by atoms with Crippen LogP contribution in [0.3, 0.4) is 0 Å². The second-order valence-corrected chi connectivity index (χ2v) is 7.62. The highest BCUT2D eigenvalue weighted by Crippen LogP contribution is 1.71. The molecule has 0 heterocycles. The van der Waals surface area contributed by atoms with Gasteiger partial charge in [0.1, 0.15) is 21.4 Å². The molecule has 7 heteroatoms. The lowest BCUT2D eigenvalue weighted by molar-refractivity contribution is -0.117. The van der Waals surface area contributed by atoms with Gasteiger partial charge in [0.15, 0.2) is 0 Å². The summed E-state index contributed by atoms with van der Waals surface area (Å²) in [5, 5.41) is 0. The Balaban J connectivity index is -0.00000000997. The van der Waals surface area contributed by atoms with Gasteiger partial charge in [0.05, 0.1) is 0 Å². The molecule has 0 rings (SSSR count). The number of ketones is 2. The van der Waals surface area contributed by atoms with Gasteiger partial charge in [-0.3, -0.25) is 4.21 Å². The summed E-state index contributed by atoms with van der Waals surface area (Å²) in [6, 6.07) is 0. The van der Waals surface area contributed by atoms with Gasteiger partial charge >= 0.3 is 0 Å². The van der Waals surface area contributed by atoms with Gasteiger partial charge in [-0.05, 0) is 20.8 Å². The lowest BCUT2D eigenvalue weighted by Gasteiger charge is -1.71. The fourth-order valence-electron chi connectivity index (χ4n) is 0. The van der Waals surface area contributed by atoms with Crippen molar-refractivity contribution in [2.24, 2.45) is 0 Å². The molecule has 0 N–H and O–H groups in total. The molecule has 0 saturated heterocycles. The highest BCUT2D eigenvalue weighted by Gasteiger charge is 1.79. The fourth-order valence-corrected chi connectivity index (χ4v) is 0. The number of Topliss-reactive ketones (excluding diaryl/α,β-unsaturated/α-hetero) is 2. The molecule has 0 aromatic heterocycles. The van der Waals surface area contributed by atoms with Crippen LogP contribution in [0.15, 0.2) is 0 Å². The second kappa shape index (κ2) is 63.7. The van der Waals surface area contributed by atoms with E-state index in [4.69, 9.17) is 0 Å². The average Bonchev–Trinajstić information content (AvgIpc) is 2.16. The molecule has 0 aliphatic heterocycles. The number of hydrogen-bond acceptors (Lipinski definition) is 5. The Hall–Kier alpha value is -0.560. The molecule has 0 spiro atoms. The first-order chi connectivity index (χ1) is 8.73.